The van der Waals surface area contributed by atoms with Crippen LogP contribution in [0.25, 0.3) is 0 Å². The van der Waals surface area contributed by atoms with Crippen LogP contribution in [0.15, 0.2) is 60.7 Å². The monoisotopic (exact) mass is 289 g/mol. The Hall–Kier alpha value is -2.86. The highest BCUT2D eigenvalue weighted by Gasteiger charge is 2.40. The number of benzene rings is 2. The molecule has 3 rings (SSSR count). The van der Waals surface area contributed by atoms with Crippen molar-refractivity contribution in [3.05, 3.63) is 82.9 Å². The van der Waals surface area contributed by atoms with Crippen LogP contribution in [0, 0.1) is 18.3 Å². The van der Waals surface area contributed by atoms with Crippen molar-refractivity contribution in [2.75, 3.05) is 0 Å². The Kier molecular flexibility index (Phi) is 3.52. The number of aryl methyl sites for hydroxylation is 1. The van der Waals surface area contributed by atoms with Gasteiger partial charge in [0.1, 0.15) is 6.10 Å². The van der Waals surface area contributed by atoms with Gasteiger partial charge in [0.2, 0.25) is 0 Å². The molecule has 1 saturated heterocycles. The number of esters is 1. The number of ether oxygens (including phenoxy) is 1. The summed E-state index contributed by atoms with van der Waals surface area (Å²) in [6.07, 6.45) is -0.393. The largest absolute Gasteiger partial charge is 0.453 e. The van der Waals surface area contributed by atoms with Crippen LogP contribution >= 0.6 is 0 Å². The van der Waals surface area contributed by atoms with Gasteiger partial charge < -0.3 is 4.74 Å². The Balaban J connectivity index is 2.01. The molecule has 0 amide bonds. The molecule has 108 valence electrons. The fraction of sp³-hybridized carbons (Fsp3) is 0.158. The van der Waals surface area contributed by atoms with E-state index in [1.54, 1.807) is 12.1 Å². The van der Waals surface area contributed by atoms with E-state index in [1.807, 2.05) is 43.3 Å². The summed E-state index contributed by atoms with van der Waals surface area (Å²) >= 11 is 0. The summed E-state index contributed by atoms with van der Waals surface area (Å²) in [6.45, 7) is 5.92. The fourth-order valence-corrected chi connectivity index (χ4v) is 2.73. The summed E-state index contributed by atoms with van der Waals surface area (Å²) in [5.74, 6) is -0.555. The number of cyclic esters (lactones) is 1. The van der Waals surface area contributed by atoms with E-state index in [1.165, 1.54) is 0 Å². The first-order valence-corrected chi connectivity index (χ1v) is 7.06. The van der Waals surface area contributed by atoms with E-state index in [2.05, 4.69) is 12.6 Å². The van der Waals surface area contributed by atoms with Crippen LogP contribution < -0.4 is 0 Å². The molecule has 0 saturated carbocycles. The normalized spacial score (nSPS) is 20.5. The first-order chi connectivity index (χ1) is 10.6. The van der Waals surface area contributed by atoms with Gasteiger partial charge in [-0.2, -0.15) is 5.26 Å². The summed E-state index contributed by atoms with van der Waals surface area (Å²) in [6, 6.07) is 17.2. The van der Waals surface area contributed by atoms with Gasteiger partial charge in [-0.05, 0) is 30.2 Å². The van der Waals surface area contributed by atoms with Gasteiger partial charge in [0.25, 0.3) is 0 Å². The third kappa shape index (κ3) is 2.40. The van der Waals surface area contributed by atoms with E-state index in [4.69, 9.17) is 10.00 Å². The molecular formula is C19H15NO2. The van der Waals surface area contributed by atoms with Gasteiger partial charge in [0.15, 0.2) is 0 Å². The van der Waals surface area contributed by atoms with Gasteiger partial charge in [0, 0.05) is 5.57 Å². The average Bonchev–Trinajstić information content (AvgIpc) is 2.84. The zero-order valence-corrected chi connectivity index (χ0v) is 12.2. The highest BCUT2D eigenvalue weighted by atomic mass is 16.6. The zero-order valence-electron chi connectivity index (χ0n) is 12.2. The Morgan fingerprint density at radius 2 is 1.64 bits per heavy atom. The molecule has 1 aliphatic rings. The maximum absolute atomic E-state index is 12.0. The van der Waals surface area contributed by atoms with Crippen molar-refractivity contribution < 1.29 is 9.53 Å². The first kappa shape index (κ1) is 14.1. The highest BCUT2D eigenvalue weighted by Crippen LogP contribution is 2.45. The van der Waals surface area contributed by atoms with Gasteiger partial charge in [0.05, 0.1) is 17.6 Å². The van der Waals surface area contributed by atoms with Crippen molar-refractivity contribution in [3.8, 4) is 6.07 Å². The second-order valence-corrected chi connectivity index (χ2v) is 5.47. The van der Waals surface area contributed by atoms with Gasteiger partial charge in [-0.15, -0.1) is 0 Å². The van der Waals surface area contributed by atoms with Crippen molar-refractivity contribution in [1.29, 1.82) is 5.26 Å². The molecule has 2 aromatic rings. The van der Waals surface area contributed by atoms with Crippen LogP contribution in [0.1, 0.15) is 34.3 Å². The van der Waals surface area contributed by atoms with Crippen LogP contribution in [-0.4, -0.2) is 5.97 Å². The number of hydrogen-bond acceptors (Lipinski definition) is 3. The molecule has 3 heteroatoms. The molecule has 22 heavy (non-hydrogen) atoms. The van der Waals surface area contributed by atoms with Crippen LogP contribution in [0.5, 0.6) is 0 Å². The molecule has 0 aliphatic carbocycles. The van der Waals surface area contributed by atoms with Crippen molar-refractivity contribution >= 4 is 5.97 Å². The predicted octanol–water partition coefficient (Wildman–Crippen LogP) is 3.80. The lowest BCUT2D eigenvalue weighted by atomic mass is 9.85. The Labute approximate surface area is 129 Å². The van der Waals surface area contributed by atoms with Crippen LogP contribution in [0.3, 0.4) is 0 Å². The Morgan fingerprint density at radius 3 is 2.23 bits per heavy atom. The molecule has 1 fully saturated rings. The van der Waals surface area contributed by atoms with Crippen molar-refractivity contribution in [2.24, 2.45) is 0 Å². The standard InChI is InChI=1S/C19H15NO2/c1-12-3-7-15(8-4-12)17-13(2)19(21)22-18(17)16-9-5-14(11-20)6-10-16/h3-10,17-18H,2H2,1H3. The Morgan fingerprint density at radius 1 is 1.05 bits per heavy atom. The number of rotatable bonds is 2. The van der Waals surface area contributed by atoms with Gasteiger partial charge in [-0.3, -0.25) is 0 Å². The summed E-state index contributed by atoms with van der Waals surface area (Å²) < 4.78 is 5.51. The molecule has 3 nitrogen and oxygen atoms in total. The number of nitrogens with zero attached hydrogens (tertiary/aromatic N) is 1. The zero-order chi connectivity index (χ0) is 15.7. The number of carbonyl (C=O) groups is 1. The van der Waals surface area contributed by atoms with Gasteiger partial charge >= 0.3 is 5.97 Å². The summed E-state index contributed by atoms with van der Waals surface area (Å²) in [5.41, 5.74) is 4.10. The SMILES string of the molecule is C=C1C(=O)OC(c2ccc(C#N)cc2)C1c1ccc(C)cc1. The molecular weight excluding hydrogens is 274 g/mol. The first-order valence-electron chi connectivity index (χ1n) is 7.06. The number of nitriles is 1. The molecule has 2 aromatic carbocycles. The molecule has 0 radical (unpaired) electrons. The predicted molar refractivity (Wildman–Crippen MR) is 83.1 cm³/mol. The molecule has 0 spiro atoms. The molecule has 2 unspecified atom stereocenters. The van der Waals surface area contributed by atoms with Crippen LogP contribution in [0.4, 0.5) is 0 Å². The molecule has 0 N–H and O–H groups in total. The smallest absolute Gasteiger partial charge is 0.334 e. The molecule has 1 heterocycles. The molecule has 0 aromatic heterocycles. The summed E-state index contributed by atoms with van der Waals surface area (Å²) in [7, 11) is 0. The van der Waals surface area contributed by atoms with Crippen molar-refractivity contribution in [2.45, 2.75) is 18.9 Å². The average molecular weight is 289 g/mol. The quantitative estimate of drug-likeness (QED) is 0.624. The van der Waals surface area contributed by atoms with Crippen LogP contribution in [0.2, 0.25) is 0 Å². The van der Waals surface area contributed by atoms with E-state index in [0.29, 0.717) is 11.1 Å². The van der Waals surface area contributed by atoms with E-state index < -0.39 is 6.10 Å². The molecule has 2 atom stereocenters. The highest BCUT2D eigenvalue weighted by molar-refractivity contribution is 5.92. The topological polar surface area (TPSA) is 50.1 Å². The second kappa shape index (κ2) is 5.50. The lowest BCUT2D eigenvalue weighted by Gasteiger charge is -2.18. The summed E-state index contributed by atoms with van der Waals surface area (Å²) in [5, 5.41) is 8.88. The molecule has 1 aliphatic heterocycles. The van der Waals surface area contributed by atoms with E-state index in [-0.39, 0.29) is 11.9 Å². The number of hydrogen-bond donors (Lipinski definition) is 0. The lowest BCUT2D eigenvalue weighted by Crippen LogP contribution is -2.07. The third-order valence-corrected chi connectivity index (χ3v) is 3.98. The molecule has 0 bridgehead atoms. The van der Waals surface area contributed by atoms with E-state index in [0.717, 1.165) is 16.7 Å². The van der Waals surface area contributed by atoms with E-state index >= 15 is 0 Å². The lowest BCUT2D eigenvalue weighted by molar-refractivity contribution is -0.139. The van der Waals surface area contributed by atoms with Crippen LogP contribution in [-0.2, 0) is 9.53 Å². The minimum absolute atomic E-state index is 0.193. The van der Waals surface area contributed by atoms with Crippen molar-refractivity contribution in [3.63, 3.8) is 0 Å². The maximum atomic E-state index is 12.0. The van der Waals surface area contributed by atoms with E-state index in [9.17, 15) is 4.79 Å². The third-order valence-electron chi connectivity index (χ3n) is 3.98. The van der Waals surface area contributed by atoms with Gasteiger partial charge in [-0.1, -0.05) is 48.5 Å². The van der Waals surface area contributed by atoms with Crippen molar-refractivity contribution in [1.82, 2.24) is 0 Å². The summed E-state index contributed by atoms with van der Waals surface area (Å²) in [4.78, 5) is 12.0. The minimum Gasteiger partial charge on any atom is -0.453 e. The number of carbonyl (C=O) groups excluding carboxylic acids is 1. The fourth-order valence-electron chi connectivity index (χ4n) is 2.73. The van der Waals surface area contributed by atoms with Gasteiger partial charge in [-0.25, -0.2) is 4.79 Å². The Bertz CT molecular complexity index is 767. The second-order valence-electron chi connectivity index (χ2n) is 5.47. The maximum Gasteiger partial charge on any atom is 0.334 e. The minimum atomic E-state index is -0.393.